The third-order valence-electron chi connectivity index (χ3n) is 5.79. The third-order valence-corrected chi connectivity index (χ3v) is 5.79. The molecule has 2 aliphatic rings. The van der Waals surface area contributed by atoms with E-state index in [1.807, 2.05) is 72.8 Å². The molecule has 5 heteroatoms. The average Bonchev–Trinajstić information content (AvgIpc) is 3.22. The summed E-state index contributed by atoms with van der Waals surface area (Å²) in [6.45, 7) is 0.437. The van der Waals surface area contributed by atoms with Gasteiger partial charge in [0.1, 0.15) is 11.5 Å². The number of rotatable bonds is 3. The van der Waals surface area contributed by atoms with Crippen LogP contribution in [0, 0.1) is 0 Å². The summed E-state index contributed by atoms with van der Waals surface area (Å²) >= 11 is 0. The van der Waals surface area contributed by atoms with Gasteiger partial charge >= 0.3 is 0 Å². The molecule has 2 heterocycles. The summed E-state index contributed by atoms with van der Waals surface area (Å²) in [5, 5.41) is 8.94. The molecule has 1 spiro atoms. The van der Waals surface area contributed by atoms with Crippen molar-refractivity contribution < 1.29 is 14.3 Å². The summed E-state index contributed by atoms with van der Waals surface area (Å²) in [6, 6.07) is 25.0. The minimum absolute atomic E-state index is 0.0460. The van der Waals surface area contributed by atoms with E-state index in [9.17, 15) is 4.79 Å². The summed E-state index contributed by atoms with van der Waals surface area (Å²) in [7, 11) is 1.64. The van der Waals surface area contributed by atoms with Crippen LogP contribution in [0.3, 0.4) is 0 Å². The second-order valence-electron chi connectivity index (χ2n) is 7.31. The lowest BCUT2D eigenvalue weighted by Crippen LogP contribution is -2.51. The number of ketones is 1. The highest BCUT2D eigenvalue weighted by Gasteiger charge is 2.60. The number of ether oxygens (including phenoxy) is 2. The van der Waals surface area contributed by atoms with Gasteiger partial charge in [-0.3, -0.25) is 4.79 Å². The van der Waals surface area contributed by atoms with E-state index >= 15 is 0 Å². The van der Waals surface area contributed by atoms with Crippen LogP contribution in [0.5, 0.6) is 11.5 Å². The molecule has 5 rings (SSSR count). The van der Waals surface area contributed by atoms with Crippen LogP contribution in [0.25, 0.3) is 0 Å². The molecule has 3 aromatic rings. The van der Waals surface area contributed by atoms with Gasteiger partial charge in [-0.25, -0.2) is 0 Å². The number of Topliss-reactive ketones (excluding diaryl/α,β-unsaturated/α-hetero) is 1. The Bertz CT molecular complexity index is 1080. The van der Waals surface area contributed by atoms with E-state index in [2.05, 4.69) is 10.2 Å². The third kappa shape index (κ3) is 2.65. The van der Waals surface area contributed by atoms with Crippen molar-refractivity contribution in [3.8, 4) is 11.5 Å². The number of benzene rings is 3. The zero-order valence-corrected chi connectivity index (χ0v) is 16.0. The van der Waals surface area contributed by atoms with Crippen molar-refractivity contribution in [2.45, 2.75) is 17.6 Å². The number of carbonyl (C=O) groups is 1. The molecule has 0 saturated heterocycles. The minimum Gasteiger partial charge on any atom is -0.497 e. The summed E-state index contributed by atoms with van der Waals surface area (Å²) in [5.41, 5.74) is 1.33. The van der Waals surface area contributed by atoms with Crippen molar-refractivity contribution >= 4 is 5.78 Å². The van der Waals surface area contributed by atoms with Gasteiger partial charge in [-0.1, -0.05) is 54.6 Å². The predicted molar refractivity (Wildman–Crippen MR) is 109 cm³/mol. The van der Waals surface area contributed by atoms with Crippen molar-refractivity contribution in [2.24, 2.45) is 10.2 Å². The number of azo groups is 1. The Labute approximate surface area is 169 Å². The van der Waals surface area contributed by atoms with E-state index in [1.165, 1.54) is 0 Å². The van der Waals surface area contributed by atoms with Gasteiger partial charge in [-0.05, 0) is 35.4 Å². The predicted octanol–water partition coefficient (Wildman–Crippen LogP) is 5.00. The van der Waals surface area contributed by atoms with Crippen LogP contribution < -0.4 is 9.47 Å². The van der Waals surface area contributed by atoms with E-state index in [0.717, 1.165) is 16.9 Å². The first-order valence-corrected chi connectivity index (χ1v) is 9.62. The standard InChI is InChI=1S/C24H20N2O3/c1-28-18-13-11-16(12-14-18)20-15-25-26-24(20)22(27)19-9-5-6-10-21(19)29-23(24)17-7-3-2-4-8-17/h2-14,20,23H,15H2,1H3/t20-,23-,24-/m0/s1. The summed E-state index contributed by atoms with van der Waals surface area (Å²) in [4.78, 5) is 13.9. The molecule has 0 bridgehead atoms. The molecule has 0 aromatic heterocycles. The monoisotopic (exact) mass is 384 g/mol. The molecular formula is C24H20N2O3. The lowest BCUT2D eigenvalue weighted by molar-refractivity contribution is 0.0521. The fourth-order valence-corrected chi connectivity index (χ4v) is 4.34. The number of nitrogens with zero attached hydrogens (tertiary/aromatic N) is 2. The molecular weight excluding hydrogens is 364 g/mol. The molecule has 144 valence electrons. The number of methoxy groups -OCH3 is 1. The first-order chi connectivity index (χ1) is 14.2. The fraction of sp³-hybridized carbons (Fsp3) is 0.208. The number of para-hydroxylation sites is 1. The van der Waals surface area contributed by atoms with E-state index in [0.29, 0.717) is 17.9 Å². The van der Waals surface area contributed by atoms with Gasteiger partial charge in [0, 0.05) is 5.92 Å². The zero-order valence-electron chi connectivity index (χ0n) is 16.0. The highest BCUT2D eigenvalue weighted by Crippen LogP contribution is 2.52. The molecule has 5 nitrogen and oxygen atoms in total. The Morgan fingerprint density at radius 2 is 1.66 bits per heavy atom. The van der Waals surface area contributed by atoms with Crippen molar-refractivity contribution in [3.63, 3.8) is 0 Å². The maximum Gasteiger partial charge on any atom is 0.200 e. The van der Waals surface area contributed by atoms with Crippen molar-refractivity contribution in [2.75, 3.05) is 13.7 Å². The number of carbonyl (C=O) groups excluding carboxylic acids is 1. The van der Waals surface area contributed by atoms with Gasteiger partial charge in [0.05, 0.1) is 19.2 Å². The van der Waals surface area contributed by atoms with Crippen molar-refractivity contribution in [1.82, 2.24) is 0 Å². The summed E-state index contributed by atoms with van der Waals surface area (Å²) in [6.07, 6.45) is -0.551. The maximum absolute atomic E-state index is 13.9. The molecule has 0 saturated carbocycles. The molecule has 0 radical (unpaired) electrons. The van der Waals surface area contributed by atoms with Crippen LogP contribution in [0.2, 0.25) is 0 Å². The maximum atomic E-state index is 13.9. The average molecular weight is 384 g/mol. The quantitative estimate of drug-likeness (QED) is 0.638. The van der Waals surface area contributed by atoms with Gasteiger partial charge < -0.3 is 9.47 Å². The van der Waals surface area contributed by atoms with Crippen LogP contribution in [-0.4, -0.2) is 25.0 Å². The number of fused-ring (bicyclic) bond motifs is 1. The lowest BCUT2D eigenvalue weighted by atomic mass is 9.69. The Hall–Kier alpha value is -3.47. The highest BCUT2D eigenvalue weighted by molar-refractivity contribution is 6.08. The molecule has 29 heavy (non-hydrogen) atoms. The molecule has 0 aliphatic carbocycles. The van der Waals surface area contributed by atoms with Gasteiger partial charge in [-0.2, -0.15) is 10.2 Å². The highest BCUT2D eigenvalue weighted by atomic mass is 16.5. The van der Waals surface area contributed by atoms with Crippen molar-refractivity contribution in [3.05, 3.63) is 95.6 Å². The molecule has 0 amide bonds. The molecule has 0 unspecified atom stereocenters. The lowest BCUT2D eigenvalue weighted by Gasteiger charge is -2.41. The fourth-order valence-electron chi connectivity index (χ4n) is 4.34. The van der Waals surface area contributed by atoms with Crippen LogP contribution >= 0.6 is 0 Å². The largest absolute Gasteiger partial charge is 0.497 e. The van der Waals surface area contributed by atoms with E-state index in [-0.39, 0.29) is 11.7 Å². The summed E-state index contributed by atoms with van der Waals surface area (Å²) in [5.74, 6) is 1.09. The number of hydrogen-bond acceptors (Lipinski definition) is 5. The Morgan fingerprint density at radius 1 is 0.931 bits per heavy atom. The molecule has 3 atom stereocenters. The Morgan fingerprint density at radius 3 is 2.41 bits per heavy atom. The molecule has 0 N–H and O–H groups in total. The van der Waals surface area contributed by atoms with Crippen LogP contribution in [0.4, 0.5) is 0 Å². The van der Waals surface area contributed by atoms with E-state index in [1.54, 1.807) is 13.2 Å². The first kappa shape index (κ1) is 17.6. The second kappa shape index (κ2) is 6.85. The second-order valence-corrected chi connectivity index (χ2v) is 7.31. The zero-order chi connectivity index (χ0) is 19.8. The smallest absolute Gasteiger partial charge is 0.200 e. The van der Waals surface area contributed by atoms with Crippen LogP contribution in [0.1, 0.15) is 33.5 Å². The van der Waals surface area contributed by atoms with Gasteiger partial charge in [0.2, 0.25) is 5.78 Å². The Balaban J connectivity index is 1.69. The molecule has 3 aromatic carbocycles. The van der Waals surface area contributed by atoms with Gasteiger partial charge in [0.25, 0.3) is 0 Å². The SMILES string of the molecule is COc1ccc([C@@H]2CN=N[C@]23C(=O)c2ccccc2O[C@H]3c2ccccc2)cc1. The molecule has 2 aliphatic heterocycles. The van der Waals surface area contributed by atoms with Crippen molar-refractivity contribution in [1.29, 1.82) is 0 Å². The van der Waals surface area contributed by atoms with Gasteiger partial charge in [0.15, 0.2) is 11.6 Å². The minimum atomic E-state index is -1.13. The normalized spacial score (nSPS) is 24.9. The van der Waals surface area contributed by atoms with Crippen LogP contribution in [0.15, 0.2) is 89.1 Å². The van der Waals surface area contributed by atoms with E-state index < -0.39 is 11.6 Å². The topological polar surface area (TPSA) is 60.2 Å². The first-order valence-electron chi connectivity index (χ1n) is 9.62. The van der Waals surface area contributed by atoms with Gasteiger partial charge in [-0.15, -0.1) is 0 Å². The van der Waals surface area contributed by atoms with E-state index in [4.69, 9.17) is 9.47 Å². The Kier molecular flexibility index (Phi) is 4.16. The summed E-state index contributed by atoms with van der Waals surface area (Å²) < 4.78 is 11.7. The van der Waals surface area contributed by atoms with Crippen LogP contribution in [-0.2, 0) is 0 Å². The number of hydrogen-bond donors (Lipinski definition) is 0. The molecule has 0 fully saturated rings.